The minimum absolute atomic E-state index is 0.533. The predicted octanol–water partition coefficient (Wildman–Crippen LogP) is 14.7. The van der Waals surface area contributed by atoms with Gasteiger partial charge >= 0.3 is 6.18 Å². The van der Waals surface area contributed by atoms with Crippen molar-refractivity contribution in [1.82, 2.24) is 19.1 Å². The smallest absolute Gasteiger partial charge is 0.309 e. The molecule has 0 aliphatic heterocycles. The highest BCUT2D eigenvalue weighted by Crippen LogP contribution is 2.42. The van der Waals surface area contributed by atoms with Gasteiger partial charge < -0.3 is 9.13 Å². The number of fused-ring (bicyclic) bond motifs is 6. The first-order chi connectivity index (χ1) is 29.8. The van der Waals surface area contributed by atoms with Gasteiger partial charge in [-0.2, -0.15) is 13.2 Å². The molecule has 61 heavy (non-hydrogen) atoms. The van der Waals surface area contributed by atoms with Crippen LogP contribution in [-0.4, -0.2) is 19.1 Å². The molecule has 0 amide bonds. The molecule has 0 radical (unpaired) electrons. The number of aryl methyl sites for hydroxylation is 1. The van der Waals surface area contributed by atoms with E-state index in [2.05, 4.69) is 101 Å². The van der Waals surface area contributed by atoms with Gasteiger partial charge in [0.1, 0.15) is 0 Å². The Morgan fingerprint density at radius 3 is 1.70 bits per heavy atom. The highest BCUT2D eigenvalue weighted by atomic mass is 19.4. The van der Waals surface area contributed by atoms with Crippen LogP contribution in [0.3, 0.4) is 0 Å². The fourth-order valence-electron chi connectivity index (χ4n) is 8.78. The van der Waals surface area contributed by atoms with E-state index in [1.54, 1.807) is 6.07 Å². The molecular formula is C54H35F3N4. The van der Waals surface area contributed by atoms with Gasteiger partial charge in [0.25, 0.3) is 0 Å². The largest absolute Gasteiger partial charge is 0.416 e. The molecular weight excluding hydrogens is 762 g/mol. The molecule has 0 bridgehead atoms. The molecule has 11 rings (SSSR count). The summed E-state index contributed by atoms with van der Waals surface area (Å²) >= 11 is 0. The lowest BCUT2D eigenvalue weighted by Gasteiger charge is -2.18. The van der Waals surface area contributed by atoms with Gasteiger partial charge in [0, 0.05) is 49.5 Å². The Morgan fingerprint density at radius 2 is 0.984 bits per heavy atom. The maximum absolute atomic E-state index is 14.2. The van der Waals surface area contributed by atoms with Gasteiger partial charge in [0.15, 0.2) is 5.82 Å². The summed E-state index contributed by atoms with van der Waals surface area (Å²) in [6.45, 7) is 2.11. The molecule has 11 aromatic rings. The number of rotatable bonds is 6. The number of nitrogens with zero attached hydrogens (tertiary/aromatic N) is 4. The van der Waals surface area contributed by atoms with Crippen molar-refractivity contribution in [1.29, 1.82) is 0 Å². The van der Waals surface area contributed by atoms with E-state index in [1.165, 1.54) is 28.5 Å². The van der Waals surface area contributed by atoms with Crippen molar-refractivity contribution in [3.8, 4) is 56.4 Å². The number of hydrogen-bond donors (Lipinski definition) is 0. The van der Waals surface area contributed by atoms with Crippen molar-refractivity contribution in [3.05, 3.63) is 205 Å². The Kier molecular flexibility index (Phi) is 8.46. The molecule has 3 heterocycles. The molecule has 0 spiro atoms. The molecule has 7 heteroatoms. The summed E-state index contributed by atoms with van der Waals surface area (Å²) in [5.74, 6) is 0.606. The highest BCUT2D eigenvalue weighted by Gasteiger charge is 2.31. The zero-order chi connectivity index (χ0) is 41.2. The van der Waals surface area contributed by atoms with Crippen LogP contribution in [0.1, 0.15) is 11.1 Å². The van der Waals surface area contributed by atoms with Gasteiger partial charge in [-0.25, -0.2) is 9.97 Å². The van der Waals surface area contributed by atoms with Crippen molar-refractivity contribution >= 4 is 43.6 Å². The van der Waals surface area contributed by atoms with Crippen LogP contribution in [0.15, 0.2) is 194 Å². The Morgan fingerprint density at radius 1 is 0.410 bits per heavy atom. The molecule has 0 aliphatic carbocycles. The lowest BCUT2D eigenvalue weighted by Crippen LogP contribution is -2.04. The number of para-hydroxylation sites is 2. The number of alkyl halides is 3. The zero-order valence-corrected chi connectivity index (χ0v) is 32.9. The minimum Gasteiger partial charge on any atom is -0.309 e. The summed E-state index contributed by atoms with van der Waals surface area (Å²) < 4.78 is 46.9. The summed E-state index contributed by atoms with van der Waals surface area (Å²) in [7, 11) is 0. The van der Waals surface area contributed by atoms with Crippen molar-refractivity contribution < 1.29 is 13.2 Å². The molecule has 3 aromatic heterocycles. The van der Waals surface area contributed by atoms with E-state index in [9.17, 15) is 13.2 Å². The van der Waals surface area contributed by atoms with Gasteiger partial charge in [-0.3, -0.25) is 0 Å². The number of benzene rings is 8. The molecule has 292 valence electrons. The maximum Gasteiger partial charge on any atom is 0.416 e. The van der Waals surface area contributed by atoms with Gasteiger partial charge in [0.2, 0.25) is 0 Å². The third-order valence-electron chi connectivity index (χ3n) is 11.6. The fraction of sp³-hybridized carbons (Fsp3) is 0.0370. The van der Waals surface area contributed by atoms with Crippen LogP contribution >= 0.6 is 0 Å². The van der Waals surface area contributed by atoms with Crippen molar-refractivity contribution in [2.24, 2.45) is 0 Å². The molecule has 0 unspecified atom stereocenters. The van der Waals surface area contributed by atoms with Crippen LogP contribution in [0.4, 0.5) is 13.2 Å². The minimum atomic E-state index is -4.48. The number of halogens is 3. The average molecular weight is 797 g/mol. The second-order valence-electron chi connectivity index (χ2n) is 15.4. The predicted molar refractivity (Wildman–Crippen MR) is 242 cm³/mol. The van der Waals surface area contributed by atoms with E-state index in [4.69, 9.17) is 9.97 Å². The normalized spacial score (nSPS) is 11.9. The Balaban J connectivity index is 1.18. The Bertz CT molecular complexity index is 3420. The molecule has 0 atom stereocenters. The summed E-state index contributed by atoms with van der Waals surface area (Å²) in [6, 6.07) is 63.6. The van der Waals surface area contributed by atoms with Crippen molar-refractivity contribution in [2.75, 3.05) is 0 Å². The van der Waals surface area contributed by atoms with E-state index in [-0.39, 0.29) is 0 Å². The maximum atomic E-state index is 14.2. The standard InChI is InChI=1S/C54H35F3N4/c1-34-23-26-51-44(29-34)41-19-8-10-21-48(41)60(51)40-18-12-17-37(30-40)43-31-38(47-33-46(35-13-4-2-5-14-35)58-53(59-47)36-15-6-3-7-16-36)24-27-50(43)61-49-22-11-9-20-42(49)45-32-39(54(55,56)57)25-28-52(45)61/h2-33H,1H3. The second kappa shape index (κ2) is 14.2. The quantitative estimate of drug-likeness (QED) is 0.168. The van der Waals surface area contributed by atoms with Crippen LogP contribution in [0.25, 0.3) is 100 Å². The lowest BCUT2D eigenvalue weighted by molar-refractivity contribution is -0.137. The number of aromatic nitrogens is 4. The van der Waals surface area contributed by atoms with Gasteiger partial charge in [-0.1, -0.05) is 127 Å². The number of hydrogen-bond acceptors (Lipinski definition) is 2. The molecule has 0 saturated carbocycles. The molecule has 0 fully saturated rings. The van der Waals surface area contributed by atoms with Gasteiger partial charge in [0.05, 0.1) is 44.7 Å². The van der Waals surface area contributed by atoms with Crippen molar-refractivity contribution in [2.45, 2.75) is 13.1 Å². The highest BCUT2D eigenvalue weighted by molar-refractivity contribution is 6.11. The van der Waals surface area contributed by atoms with Crippen LogP contribution in [-0.2, 0) is 6.18 Å². The third kappa shape index (κ3) is 6.25. The van der Waals surface area contributed by atoms with Crippen molar-refractivity contribution in [3.63, 3.8) is 0 Å². The SMILES string of the molecule is Cc1ccc2c(c1)c1ccccc1n2-c1cccc(-c2cc(-c3cc(-c4ccccc4)nc(-c4ccccc4)n3)ccc2-n2c3ccccc3c3cc(C(F)(F)F)ccc32)c1. The Labute approximate surface area is 349 Å². The molecule has 8 aromatic carbocycles. The zero-order valence-electron chi connectivity index (χ0n) is 32.9. The van der Waals surface area contributed by atoms with Crippen LogP contribution in [0.2, 0.25) is 0 Å². The monoisotopic (exact) mass is 796 g/mol. The van der Waals surface area contributed by atoms with Crippen LogP contribution in [0, 0.1) is 6.92 Å². The van der Waals surface area contributed by atoms with E-state index in [0.717, 1.165) is 72.5 Å². The lowest BCUT2D eigenvalue weighted by atomic mass is 9.97. The first-order valence-corrected chi connectivity index (χ1v) is 20.1. The topological polar surface area (TPSA) is 35.6 Å². The summed E-state index contributed by atoms with van der Waals surface area (Å²) in [5, 5.41) is 3.62. The molecule has 0 N–H and O–H groups in total. The van der Waals surface area contributed by atoms with E-state index < -0.39 is 11.7 Å². The first-order valence-electron chi connectivity index (χ1n) is 20.1. The summed E-state index contributed by atoms with van der Waals surface area (Å²) in [4.78, 5) is 10.2. The first kappa shape index (κ1) is 36.3. The van der Waals surface area contributed by atoms with E-state index in [0.29, 0.717) is 16.7 Å². The summed E-state index contributed by atoms with van der Waals surface area (Å²) in [5.41, 5.74) is 12.1. The fourth-order valence-corrected chi connectivity index (χ4v) is 8.78. The molecule has 4 nitrogen and oxygen atoms in total. The summed E-state index contributed by atoms with van der Waals surface area (Å²) in [6.07, 6.45) is -4.48. The second-order valence-corrected chi connectivity index (χ2v) is 15.4. The van der Waals surface area contributed by atoms with Gasteiger partial charge in [-0.15, -0.1) is 0 Å². The molecule has 0 aliphatic rings. The van der Waals surface area contributed by atoms with Crippen LogP contribution in [0.5, 0.6) is 0 Å². The van der Waals surface area contributed by atoms with E-state index in [1.807, 2.05) is 91.0 Å². The van der Waals surface area contributed by atoms with E-state index >= 15 is 0 Å². The average Bonchev–Trinajstić information content (AvgIpc) is 3.81. The third-order valence-corrected chi connectivity index (χ3v) is 11.6. The van der Waals surface area contributed by atoms with Crippen LogP contribution < -0.4 is 0 Å². The van der Waals surface area contributed by atoms with Gasteiger partial charge in [-0.05, 0) is 85.3 Å². The Hall–Kier alpha value is -7.77. The molecule has 0 saturated heterocycles.